The van der Waals surface area contributed by atoms with Crippen LogP contribution in [0.25, 0.3) is 0 Å². The maximum absolute atomic E-state index is 12.4. The van der Waals surface area contributed by atoms with E-state index in [0.29, 0.717) is 34.7 Å². The average Bonchev–Trinajstić information content (AvgIpc) is 2.81. The number of benzene rings is 2. The molecule has 9 nitrogen and oxygen atoms in total. The number of hydrogen-bond donors (Lipinski definition) is 4. The van der Waals surface area contributed by atoms with Gasteiger partial charge in [-0.1, -0.05) is 0 Å². The number of hydrogen-bond acceptors (Lipinski definition) is 7. The van der Waals surface area contributed by atoms with Gasteiger partial charge in [-0.2, -0.15) is 0 Å². The van der Waals surface area contributed by atoms with E-state index < -0.39 is 0 Å². The number of nitrogens with zero attached hydrogens (tertiary/aromatic N) is 3. The molecule has 0 radical (unpaired) electrons. The van der Waals surface area contributed by atoms with E-state index in [9.17, 15) is 4.79 Å². The molecule has 0 fully saturated rings. The topological polar surface area (TPSA) is 113 Å². The normalized spacial score (nSPS) is 10.4. The monoisotopic (exact) mass is 469 g/mol. The Kier molecular flexibility index (Phi) is 7.06. The number of rotatable bonds is 7. The van der Waals surface area contributed by atoms with Crippen molar-refractivity contribution < 1.29 is 9.53 Å². The number of pyridine rings is 1. The molecule has 178 valence electrons. The SMILES string of the molecule is COc1ccc(NC(=O)Nc2ccc(Nc3cc(Nc4cc(C)ccn4)nc(C)n3)cc2)c(C)c1. The predicted molar refractivity (Wildman–Crippen MR) is 139 cm³/mol. The number of carbonyl (C=O) groups excluding carboxylic acids is 1. The van der Waals surface area contributed by atoms with Crippen molar-refractivity contribution in [2.75, 3.05) is 28.4 Å². The minimum atomic E-state index is -0.328. The van der Waals surface area contributed by atoms with Crippen molar-refractivity contribution in [3.8, 4) is 5.75 Å². The smallest absolute Gasteiger partial charge is 0.323 e. The molecule has 9 heteroatoms. The minimum Gasteiger partial charge on any atom is -0.497 e. The Morgan fingerprint density at radius 2 is 1.49 bits per heavy atom. The van der Waals surface area contributed by atoms with E-state index in [0.717, 1.165) is 22.6 Å². The van der Waals surface area contributed by atoms with E-state index in [1.807, 2.05) is 75.4 Å². The summed E-state index contributed by atoms with van der Waals surface area (Å²) >= 11 is 0. The Bertz CT molecular complexity index is 1340. The van der Waals surface area contributed by atoms with Crippen molar-refractivity contribution in [1.29, 1.82) is 0 Å². The highest BCUT2D eigenvalue weighted by Gasteiger charge is 2.08. The molecule has 4 aromatic rings. The molecule has 0 aliphatic heterocycles. The molecule has 2 aromatic heterocycles. The fourth-order valence-corrected chi connectivity index (χ4v) is 3.40. The number of aromatic nitrogens is 3. The second-order valence-electron chi connectivity index (χ2n) is 7.99. The van der Waals surface area contributed by atoms with Gasteiger partial charge in [-0.05, 0) is 86.5 Å². The molecule has 0 spiro atoms. The number of methoxy groups -OCH3 is 1. The van der Waals surface area contributed by atoms with Crippen LogP contribution in [0.1, 0.15) is 17.0 Å². The van der Waals surface area contributed by atoms with Crippen LogP contribution in [-0.4, -0.2) is 28.1 Å². The molecule has 4 N–H and O–H groups in total. The number of amides is 2. The lowest BCUT2D eigenvalue weighted by molar-refractivity contribution is 0.262. The van der Waals surface area contributed by atoms with Crippen LogP contribution in [0, 0.1) is 20.8 Å². The molecule has 0 aliphatic carbocycles. The van der Waals surface area contributed by atoms with Gasteiger partial charge in [0, 0.05) is 29.3 Å². The van der Waals surface area contributed by atoms with Gasteiger partial charge in [0.05, 0.1) is 7.11 Å². The molecule has 2 aromatic carbocycles. The zero-order valence-corrected chi connectivity index (χ0v) is 20.0. The number of ether oxygens (including phenoxy) is 1. The standard InChI is InChI=1S/C26H27N7O2/c1-16-11-12-27-23(13-16)33-25-15-24(28-18(3)29-25)30-19-5-7-20(8-6-19)31-26(34)32-22-10-9-21(35-4)14-17(22)2/h5-15H,1-4H3,(H2,31,32,34)(H2,27,28,29,30,33). The van der Waals surface area contributed by atoms with Gasteiger partial charge in [-0.3, -0.25) is 0 Å². The van der Waals surface area contributed by atoms with Crippen LogP contribution in [0.5, 0.6) is 5.75 Å². The van der Waals surface area contributed by atoms with Crippen molar-refractivity contribution in [3.63, 3.8) is 0 Å². The first-order chi connectivity index (χ1) is 16.9. The largest absolute Gasteiger partial charge is 0.497 e. The van der Waals surface area contributed by atoms with Crippen LogP contribution in [0.3, 0.4) is 0 Å². The molecule has 35 heavy (non-hydrogen) atoms. The van der Waals surface area contributed by atoms with Crippen LogP contribution >= 0.6 is 0 Å². The highest BCUT2D eigenvalue weighted by Crippen LogP contribution is 2.23. The molecule has 0 atom stereocenters. The second kappa shape index (κ2) is 10.5. The third-order valence-corrected chi connectivity index (χ3v) is 5.11. The lowest BCUT2D eigenvalue weighted by atomic mass is 10.2. The molecule has 0 aliphatic rings. The van der Waals surface area contributed by atoms with Gasteiger partial charge in [0.25, 0.3) is 0 Å². The highest BCUT2D eigenvalue weighted by molar-refractivity contribution is 6.00. The fraction of sp³-hybridized carbons (Fsp3) is 0.154. The van der Waals surface area contributed by atoms with Crippen LogP contribution < -0.4 is 26.0 Å². The first kappa shape index (κ1) is 23.5. The maximum atomic E-state index is 12.4. The second-order valence-corrected chi connectivity index (χ2v) is 7.99. The Hall–Kier alpha value is -4.66. The summed E-state index contributed by atoms with van der Waals surface area (Å²) in [6.45, 7) is 5.75. The van der Waals surface area contributed by atoms with E-state index in [4.69, 9.17) is 4.74 Å². The van der Waals surface area contributed by atoms with Crippen molar-refractivity contribution in [2.24, 2.45) is 0 Å². The van der Waals surface area contributed by atoms with Crippen molar-refractivity contribution >= 4 is 40.5 Å². The lowest BCUT2D eigenvalue weighted by Gasteiger charge is -2.12. The summed E-state index contributed by atoms with van der Waals surface area (Å²) in [6.07, 6.45) is 1.75. The van der Waals surface area contributed by atoms with Gasteiger partial charge in [0.2, 0.25) is 0 Å². The van der Waals surface area contributed by atoms with Crippen LogP contribution in [0.15, 0.2) is 66.9 Å². The van der Waals surface area contributed by atoms with Crippen molar-refractivity contribution in [1.82, 2.24) is 15.0 Å². The number of urea groups is 1. The highest BCUT2D eigenvalue weighted by atomic mass is 16.5. The van der Waals surface area contributed by atoms with E-state index in [-0.39, 0.29) is 6.03 Å². The van der Waals surface area contributed by atoms with Gasteiger partial charge in [0.15, 0.2) is 0 Å². The Labute approximate surface area is 204 Å². The van der Waals surface area contributed by atoms with Gasteiger partial charge in [-0.25, -0.2) is 19.7 Å². The van der Waals surface area contributed by atoms with Gasteiger partial charge < -0.3 is 26.0 Å². The minimum absolute atomic E-state index is 0.328. The van der Waals surface area contributed by atoms with Gasteiger partial charge >= 0.3 is 6.03 Å². The zero-order valence-electron chi connectivity index (χ0n) is 20.0. The van der Waals surface area contributed by atoms with Crippen LogP contribution in [0.4, 0.5) is 39.3 Å². The van der Waals surface area contributed by atoms with E-state index in [1.165, 1.54) is 0 Å². The van der Waals surface area contributed by atoms with Crippen molar-refractivity contribution in [3.05, 3.63) is 83.8 Å². The van der Waals surface area contributed by atoms with E-state index in [1.54, 1.807) is 19.4 Å². The summed E-state index contributed by atoms with van der Waals surface area (Å²) < 4.78 is 5.20. The molecule has 4 rings (SSSR count). The first-order valence-corrected chi connectivity index (χ1v) is 11.0. The van der Waals surface area contributed by atoms with Crippen molar-refractivity contribution in [2.45, 2.75) is 20.8 Å². The third kappa shape index (κ3) is 6.44. The maximum Gasteiger partial charge on any atom is 0.323 e. The van der Waals surface area contributed by atoms with Crippen LogP contribution in [0.2, 0.25) is 0 Å². The van der Waals surface area contributed by atoms with E-state index >= 15 is 0 Å². The average molecular weight is 470 g/mol. The summed E-state index contributed by atoms with van der Waals surface area (Å²) in [5, 5.41) is 12.2. The summed E-state index contributed by atoms with van der Waals surface area (Å²) in [4.78, 5) is 25.6. The number of anilines is 6. The molecule has 2 amide bonds. The zero-order chi connectivity index (χ0) is 24.8. The van der Waals surface area contributed by atoms with E-state index in [2.05, 4.69) is 36.2 Å². The first-order valence-electron chi connectivity index (χ1n) is 11.0. The predicted octanol–water partition coefficient (Wildman–Crippen LogP) is 5.94. The molecule has 0 saturated carbocycles. The molecule has 0 unspecified atom stereocenters. The quantitative estimate of drug-likeness (QED) is 0.265. The fourth-order valence-electron chi connectivity index (χ4n) is 3.40. The summed E-state index contributed by atoms with van der Waals surface area (Å²) in [5.41, 5.74) is 4.20. The Morgan fingerprint density at radius 1 is 0.771 bits per heavy atom. The molecule has 0 saturated heterocycles. The number of aryl methyl sites for hydroxylation is 3. The molecular weight excluding hydrogens is 442 g/mol. The molecule has 2 heterocycles. The summed E-state index contributed by atoms with van der Waals surface area (Å²) in [6, 6.07) is 18.2. The third-order valence-electron chi connectivity index (χ3n) is 5.11. The number of nitrogens with one attached hydrogen (secondary N) is 4. The lowest BCUT2D eigenvalue weighted by Crippen LogP contribution is -2.19. The van der Waals surface area contributed by atoms with Crippen LogP contribution in [-0.2, 0) is 0 Å². The summed E-state index contributed by atoms with van der Waals surface area (Å²) in [7, 11) is 1.61. The Balaban J connectivity index is 1.38. The van der Waals surface area contributed by atoms with Gasteiger partial charge in [-0.15, -0.1) is 0 Å². The Morgan fingerprint density at radius 3 is 2.17 bits per heavy atom. The summed E-state index contributed by atoms with van der Waals surface area (Å²) in [5.74, 6) is 3.36. The number of carbonyl (C=O) groups is 1. The molecular formula is C26H27N7O2. The molecule has 0 bridgehead atoms. The van der Waals surface area contributed by atoms with Gasteiger partial charge in [0.1, 0.15) is 29.0 Å².